The molecule has 2 aromatic carbocycles. The van der Waals surface area contributed by atoms with E-state index >= 15 is 0 Å². The van der Waals surface area contributed by atoms with Crippen LogP contribution in [0.2, 0.25) is 0 Å². The topological polar surface area (TPSA) is 72.7 Å². The smallest absolute Gasteiger partial charge is 0.252 e. The normalized spacial score (nSPS) is 10.9. The number of amides is 1. The van der Waals surface area contributed by atoms with Crippen LogP contribution in [0.25, 0.3) is 27.8 Å². The maximum atomic E-state index is 13.1. The number of para-hydroxylation sites is 1. The predicted octanol–water partition coefficient (Wildman–Crippen LogP) is 4.46. The van der Waals surface area contributed by atoms with Crippen molar-refractivity contribution < 1.29 is 4.79 Å². The second-order valence-corrected chi connectivity index (χ2v) is 7.44. The standard InChI is InChI=1S/C26H21N5O/c32-26(28-15-12-19-8-10-21(11-9-19)31-16-4-14-29-31)23-17-25(20-5-3-13-27-18-20)30-24-7-2-1-6-22(23)24/h1-11,13-14,16-18H,12,15H2,(H,28,32). The first-order chi connectivity index (χ1) is 15.8. The molecule has 5 rings (SSSR count). The molecule has 1 amide bonds. The molecule has 3 aromatic heterocycles. The highest BCUT2D eigenvalue weighted by Gasteiger charge is 2.13. The molecule has 0 radical (unpaired) electrons. The fourth-order valence-electron chi connectivity index (χ4n) is 3.68. The molecule has 156 valence electrons. The molecule has 3 heterocycles. The highest BCUT2D eigenvalue weighted by atomic mass is 16.1. The van der Waals surface area contributed by atoms with Gasteiger partial charge in [-0.15, -0.1) is 0 Å². The number of hydrogen-bond donors (Lipinski definition) is 1. The van der Waals surface area contributed by atoms with E-state index in [4.69, 9.17) is 4.98 Å². The van der Waals surface area contributed by atoms with Gasteiger partial charge in [0.25, 0.3) is 5.91 Å². The Labute approximate surface area is 185 Å². The van der Waals surface area contributed by atoms with E-state index < -0.39 is 0 Å². The zero-order chi connectivity index (χ0) is 21.8. The van der Waals surface area contributed by atoms with Crippen molar-refractivity contribution in [1.29, 1.82) is 0 Å². The Morgan fingerprint density at radius 1 is 0.938 bits per heavy atom. The highest BCUT2D eigenvalue weighted by Crippen LogP contribution is 2.24. The van der Waals surface area contributed by atoms with Gasteiger partial charge in [-0.25, -0.2) is 9.67 Å². The van der Waals surface area contributed by atoms with Crippen LogP contribution in [0.1, 0.15) is 15.9 Å². The van der Waals surface area contributed by atoms with Crippen molar-refractivity contribution >= 4 is 16.8 Å². The van der Waals surface area contributed by atoms with E-state index in [9.17, 15) is 4.79 Å². The maximum absolute atomic E-state index is 13.1. The van der Waals surface area contributed by atoms with Gasteiger partial charge in [0.1, 0.15) is 0 Å². The van der Waals surface area contributed by atoms with Gasteiger partial charge < -0.3 is 5.32 Å². The minimum atomic E-state index is -0.109. The monoisotopic (exact) mass is 419 g/mol. The Bertz CT molecular complexity index is 1350. The number of nitrogens with one attached hydrogen (secondary N) is 1. The van der Waals surface area contributed by atoms with Crippen molar-refractivity contribution in [3.63, 3.8) is 0 Å². The fraction of sp³-hybridized carbons (Fsp3) is 0.0769. The van der Waals surface area contributed by atoms with E-state index in [2.05, 4.69) is 27.5 Å². The lowest BCUT2D eigenvalue weighted by Gasteiger charge is -2.11. The molecule has 0 fully saturated rings. The van der Waals surface area contributed by atoms with E-state index in [1.54, 1.807) is 18.6 Å². The van der Waals surface area contributed by atoms with Gasteiger partial charge in [0, 0.05) is 42.3 Å². The summed E-state index contributed by atoms with van der Waals surface area (Å²) in [5.41, 5.74) is 5.17. The number of rotatable bonds is 6. The molecule has 6 nitrogen and oxygen atoms in total. The van der Waals surface area contributed by atoms with E-state index in [0.29, 0.717) is 12.1 Å². The molecule has 0 atom stereocenters. The molecule has 0 spiro atoms. The third kappa shape index (κ3) is 4.11. The van der Waals surface area contributed by atoms with Gasteiger partial charge in [-0.05, 0) is 54.4 Å². The number of pyridine rings is 2. The van der Waals surface area contributed by atoms with Crippen LogP contribution in [0.3, 0.4) is 0 Å². The first kappa shape index (κ1) is 19.6. The maximum Gasteiger partial charge on any atom is 0.252 e. The fourth-order valence-corrected chi connectivity index (χ4v) is 3.68. The Morgan fingerprint density at radius 3 is 2.59 bits per heavy atom. The molecular formula is C26H21N5O. The summed E-state index contributed by atoms with van der Waals surface area (Å²) in [6, 6.07) is 23.4. The lowest BCUT2D eigenvalue weighted by atomic mass is 10.0. The van der Waals surface area contributed by atoms with Gasteiger partial charge in [-0.2, -0.15) is 5.10 Å². The summed E-state index contributed by atoms with van der Waals surface area (Å²) in [6.45, 7) is 0.541. The number of nitrogens with zero attached hydrogens (tertiary/aromatic N) is 4. The van der Waals surface area contributed by atoms with E-state index in [-0.39, 0.29) is 5.91 Å². The highest BCUT2D eigenvalue weighted by molar-refractivity contribution is 6.07. The molecule has 1 N–H and O–H groups in total. The van der Waals surface area contributed by atoms with Gasteiger partial charge in [0.2, 0.25) is 0 Å². The second-order valence-electron chi connectivity index (χ2n) is 7.44. The molecule has 0 bridgehead atoms. The van der Waals surface area contributed by atoms with Crippen LogP contribution in [0.4, 0.5) is 0 Å². The average molecular weight is 419 g/mol. The number of hydrogen-bond acceptors (Lipinski definition) is 4. The third-order valence-corrected chi connectivity index (χ3v) is 5.32. The number of benzene rings is 2. The first-order valence-electron chi connectivity index (χ1n) is 10.5. The molecule has 6 heteroatoms. The van der Waals surface area contributed by atoms with Gasteiger partial charge in [-0.1, -0.05) is 30.3 Å². The van der Waals surface area contributed by atoms with Gasteiger partial charge >= 0.3 is 0 Å². The average Bonchev–Trinajstić information content (AvgIpc) is 3.39. The van der Waals surface area contributed by atoms with Crippen LogP contribution in [-0.2, 0) is 6.42 Å². The Kier molecular flexibility index (Phi) is 5.41. The minimum absolute atomic E-state index is 0.109. The zero-order valence-electron chi connectivity index (χ0n) is 17.3. The van der Waals surface area contributed by atoms with Crippen molar-refractivity contribution in [1.82, 2.24) is 25.1 Å². The predicted molar refractivity (Wildman–Crippen MR) is 125 cm³/mol. The van der Waals surface area contributed by atoms with Crippen LogP contribution in [-0.4, -0.2) is 32.2 Å². The quantitative estimate of drug-likeness (QED) is 0.441. The van der Waals surface area contributed by atoms with Crippen molar-refractivity contribution in [3.05, 3.63) is 109 Å². The molecule has 0 aliphatic rings. The summed E-state index contributed by atoms with van der Waals surface area (Å²) < 4.78 is 1.82. The van der Waals surface area contributed by atoms with Crippen molar-refractivity contribution in [2.24, 2.45) is 0 Å². The van der Waals surface area contributed by atoms with Crippen molar-refractivity contribution in [2.45, 2.75) is 6.42 Å². The lowest BCUT2D eigenvalue weighted by molar-refractivity contribution is 0.0955. The number of aromatic nitrogens is 4. The summed E-state index contributed by atoms with van der Waals surface area (Å²) in [5.74, 6) is -0.109. The van der Waals surface area contributed by atoms with Crippen LogP contribution < -0.4 is 5.32 Å². The van der Waals surface area contributed by atoms with E-state index in [1.165, 1.54) is 0 Å². The second kappa shape index (κ2) is 8.81. The Morgan fingerprint density at radius 2 is 1.81 bits per heavy atom. The first-order valence-corrected chi connectivity index (χ1v) is 10.5. The Hall–Kier alpha value is -4.32. The molecule has 0 saturated carbocycles. The summed E-state index contributed by atoms with van der Waals surface area (Å²) >= 11 is 0. The van der Waals surface area contributed by atoms with Crippen molar-refractivity contribution in [3.8, 4) is 16.9 Å². The van der Waals surface area contributed by atoms with Crippen LogP contribution in [0, 0.1) is 0 Å². The summed E-state index contributed by atoms with van der Waals surface area (Å²) in [7, 11) is 0. The van der Waals surface area contributed by atoms with E-state index in [0.717, 1.165) is 39.8 Å². The number of carbonyl (C=O) groups excluding carboxylic acids is 1. The summed E-state index contributed by atoms with van der Waals surface area (Å²) in [4.78, 5) is 22.0. The molecule has 5 aromatic rings. The largest absolute Gasteiger partial charge is 0.352 e. The van der Waals surface area contributed by atoms with Gasteiger partial charge in [0.15, 0.2) is 0 Å². The molecular weight excluding hydrogens is 398 g/mol. The number of fused-ring (bicyclic) bond motifs is 1. The van der Waals surface area contributed by atoms with Crippen LogP contribution in [0.5, 0.6) is 0 Å². The van der Waals surface area contributed by atoms with Crippen molar-refractivity contribution in [2.75, 3.05) is 6.54 Å². The molecule has 0 saturated heterocycles. The molecule has 0 aliphatic carbocycles. The lowest BCUT2D eigenvalue weighted by Crippen LogP contribution is -2.26. The Balaban J connectivity index is 1.32. The molecule has 32 heavy (non-hydrogen) atoms. The third-order valence-electron chi connectivity index (χ3n) is 5.32. The summed E-state index contributed by atoms with van der Waals surface area (Å²) in [6.07, 6.45) is 7.88. The van der Waals surface area contributed by atoms with E-state index in [1.807, 2.05) is 71.5 Å². The van der Waals surface area contributed by atoms with Crippen LogP contribution in [0.15, 0.2) is 97.6 Å². The number of carbonyl (C=O) groups is 1. The summed E-state index contributed by atoms with van der Waals surface area (Å²) in [5, 5.41) is 8.13. The SMILES string of the molecule is O=C(NCCc1ccc(-n2cccn2)cc1)c1cc(-c2cccnc2)nc2ccccc12. The van der Waals surface area contributed by atoms with Gasteiger partial charge in [0.05, 0.1) is 22.5 Å². The van der Waals surface area contributed by atoms with Gasteiger partial charge in [-0.3, -0.25) is 9.78 Å². The van der Waals surface area contributed by atoms with Crippen LogP contribution >= 0.6 is 0 Å². The zero-order valence-corrected chi connectivity index (χ0v) is 17.3. The molecule has 0 aliphatic heterocycles. The molecule has 0 unspecified atom stereocenters. The minimum Gasteiger partial charge on any atom is -0.352 e.